The number of carbonyl (C=O) groups is 2. The maximum absolute atomic E-state index is 12.3. The lowest BCUT2D eigenvalue weighted by molar-refractivity contribution is 0.0642. The van der Waals surface area contributed by atoms with Crippen molar-refractivity contribution in [1.82, 2.24) is 4.90 Å². The van der Waals surface area contributed by atoms with Crippen molar-refractivity contribution in [1.29, 1.82) is 0 Å². The molecule has 1 aromatic rings. The van der Waals surface area contributed by atoms with Crippen LogP contribution in [0.2, 0.25) is 0 Å². The largest absolute Gasteiger partial charge is 0.399 e. The number of fused-ring (bicyclic) bond motifs is 1. The third-order valence-corrected chi connectivity index (χ3v) is 4.48. The highest BCUT2D eigenvalue weighted by atomic mass is 16.2. The smallest absolute Gasteiger partial charge is 0.261 e. The van der Waals surface area contributed by atoms with E-state index in [0.29, 0.717) is 29.3 Å². The summed E-state index contributed by atoms with van der Waals surface area (Å²) in [5, 5.41) is 0. The first-order valence-corrected chi connectivity index (χ1v) is 7.42. The van der Waals surface area contributed by atoms with Crippen molar-refractivity contribution >= 4 is 17.5 Å². The Morgan fingerprint density at radius 1 is 1.05 bits per heavy atom. The van der Waals surface area contributed by atoms with Gasteiger partial charge in [0.2, 0.25) is 0 Å². The number of anilines is 1. The zero-order valence-corrected chi connectivity index (χ0v) is 11.6. The second-order valence-corrected chi connectivity index (χ2v) is 5.86. The van der Waals surface area contributed by atoms with Crippen LogP contribution in [-0.2, 0) is 0 Å². The number of carbonyl (C=O) groups excluding carboxylic acids is 2. The minimum absolute atomic E-state index is 0.166. The topological polar surface area (TPSA) is 63.4 Å². The number of benzene rings is 1. The average molecular weight is 272 g/mol. The fraction of sp³-hybridized carbons (Fsp3) is 0.500. The SMILES string of the molecule is Nc1ccc2c(c1)C(=O)N(CCC1CCCCC1)C2=O. The molecule has 106 valence electrons. The molecule has 3 rings (SSSR count). The van der Waals surface area contributed by atoms with E-state index in [-0.39, 0.29) is 11.8 Å². The van der Waals surface area contributed by atoms with Gasteiger partial charge < -0.3 is 5.73 Å². The summed E-state index contributed by atoms with van der Waals surface area (Å²) in [4.78, 5) is 25.9. The molecule has 0 saturated heterocycles. The number of nitrogens with two attached hydrogens (primary N) is 1. The number of imide groups is 1. The van der Waals surface area contributed by atoms with Gasteiger partial charge in [-0.15, -0.1) is 0 Å². The first-order valence-electron chi connectivity index (χ1n) is 7.42. The third kappa shape index (κ3) is 2.30. The van der Waals surface area contributed by atoms with Crippen LogP contribution in [0.1, 0.15) is 59.2 Å². The van der Waals surface area contributed by atoms with Gasteiger partial charge in [0.25, 0.3) is 11.8 Å². The first-order chi connectivity index (χ1) is 9.66. The van der Waals surface area contributed by atoms with Crippen molar-refractivity contribution < 1.29 is 9.59 Å². The highest BCUT2D eigenvalue weighted by Crippen LogP contribution is 2.29. The highest BCUT2D eigenvalue weighted by molar-refractivity contribution is 6.21. The number of amides is 2. The van der Waals surface area contributed by atoms with Crippen LogP contribution in [-0.4, -0.2) is 23.3 Å². The molecular formula is C16H20N2O2. The van der Waals surface area contributed by atoms with Crippen molar-refractivity contribution in [2.24, 2.45) is 5.92 Å². The van der Waals surface area contributed by atoms with Gasteiger partial charge in [0.1, 0.15) is 0 Å². The molecular weight excluding hydrogens is 252 g/mol. The van der Waals surface area contributed by atoms with Crippen LogP contribution in [0.5, 0.6) is 0 Å². The fourth-order valence-corrected chi connectivity index (χ4v) is 3.30. The van der Waals surface area contributed by atoms with E-state index >= 15 is 0 Å². The molecule has 0 unspecified atom stereocenters. The number of hydrogen-bond acceptors (Lipinski definition) is 3. The fourth-order valence-electron chi connectivity index (χ4n) is 3.30. The summed E-state index contributed by atoms with van der Waals surface area (Å²) in [5.41, 5.74) is 7.17. The number of nitrogen functional groups attached to an aromatic ring is 1. The van der Waals surface area contributed by atoms with Crippen LogP contribution in [0.25, 0.3) is 0 Å². The molecule has 1 aliphatic carbocycles. The molecule has 0 aromatic heterocycles. The lowest BCUT2D eigenvalue weighted by atomic mass is 9.87. The van der Waals surface area contributed by atoms with Crippen LogP contribution in [0.15, 0.2) is 18.2 Å². The van der Waals surface area contributed by atoms with Gasteiger partial charge in [0.05, 0.1) is 11.1 Å². The van der Waals surface area contributed by atoms with Gasteiger partial charge in [-0.1, -0.05) is 32.1 Å². The summed E-state index contributed by atoms with van der Waals surface area (Å²) in [6.07, 6.45) is 7.28. The molecule has 1 saturated carbocycles. The Bertz CT molecular complexity index is 547. The Hall–Kier alpha value is -1.84. The van der Waals surface area contributed by atoms with E-state index in [1.807, 2.05) is 0 Å². The van der Waals surface area contributed by atoms with Crippen LogP contribution in [0.3, 0.4) is 0 Å². The molecule has 4 nitrogen and oxygen atoms in total. The van der Waals surface area contributed by atoms with E-state index in [4.69, 9.17) is 5.73 Å². The minimum atomic E-state index is -0.187. The van der Waals surface area contributed by atoms with Gasteiger partial charge in [-0.2, -0.15) is 0 Å². The summed E-state index contributed by atoms with van der Waals surface area (Å²) in [6, 6.07) is 4.94. The lowest BCUT2D eigenvalue weighted by Crippen LogP contribution is -2.32. The molecule has 0 radical (unpaired) electrons. The van der Waals surface area contributed by atoms with E-state index in [9.17, 15) is 9.59 Å². The monoisotopic (exact) mass is 272 g/mol. The zero-order chi connectivity index (χ0) is 14.1. The number of nitrogens with zero attached hydrogens (tertiary/aromatic N) is 1. The molecule has 1 fully saturated rings. The summed E-state index contributed by atoms with van der Waals surface area (Å²) >= 11 is 0. The van der Waals surface area contributed by atoms with Crippen molar-refractivity contribution in [2.75, 3.05) is 12.3 Å². The highest BCUT2D eigenvalue weighted by Gasteiger charge is 2.35. The van der Waals surface area contributed by atoms with Crippen LogP contribution >= 0.6 is 0 Å². The van der Waals surface area contributed by atoms with E-state index in [1.165, 1.54) is 37.0 Å². The van der Waals surface area contributed by atoms with Crippen molar-refractivity contribution in [2.45, 2.75) is 38.5 Å². The predicted molar refractivity (Wildman–Crippen MR) is 77.4 cm³/mol. The zero-order valence-electron chi connectivity index (χ0n) is 11.6. The Kier molecular flexibility index (Phi) is 3.47. The van der Waals surface area contributed by atoms with Crippen LogP contribution in [0, 0.1) is 5.92 Å². The first kappa shape index (κ1) is 13.2. The number of rotatable bonds is 3. The summed E-state index contributed by atoms with van der Waals surface area (Å²) in [6.45, 7) is 0.539. The van der Waals surface area contributed by atoms with E-state index < -0.39 is 0 Å². The predicted octanol–water partition coefficient (Wildman–Crippen LogP) is 2.84. The summed E-state index contributed by atoms with van der Waals surface area (Å²) in [5.74, 6) is 0.312. The lowest BCUT2D eigenvalue weighted by Gasteiger charge is -2.23. The minimum Gasteiger partial charge on any atom is -0.399 e. The average Bonchev–Trinajstić information content (AvgIpc) is 2.70. The van der Waals surface area contributed by atoms with Gasteiger partial charge in [-0.25, -0.2) is 0 Å². The van der Waals surface area contributed by atoms with Crippen molar-refractivity contribution in [3.63, 3.8) is 0 Å². The Balaban J connectivity index is 1.69. The Morgan fingerprint density at radius 3 is 2.50 bits per heavy atom. The van der Waals surface area contributed by atoms with Gasteiger partial charge in [-0.3, -0.25) is 14.5 Å². The second kappa shape index (κ2) is 5.27. The molecule has 2 N–H and O–H groups in total. The normalized spacial score (nSPS) is 19.5. The molecule has 0 bridgehead atoms. The third-order valence-electron chi connectivity index (χ3n) is 4.48. The van der Waals surface area contributed by atoms with E-state index in [0.717, 1.165) is 6.42 Å². The second-order valence-electron chi connectivity index (χ2n) is 5.86. The molecule has 2 amide bonds. The maximum Gasteiger partial charge on any atom is 0.261 e. The number of hydrogen-bond donors (Lipinski definition) is 1. The molecule has 20 heavy (non-hydrogen) atoms. The van der Waals surface area contributed by atoms with E-state index in [1.54, 1.807) is 18.2 Å². The molecule has 4 heteroatoms. The molecule has 1 aliphatic heterocycles. The molecule has 1 aromatic carbocycles. The molecule has 2 aliphatic rings. The maximum atomic E-state index is 12.3. The summed E-state index contributed by atoms with van der Waals surface area (Å²) < 4.78 is 0. The standard InChI is InChI=1S/C16H20N2O2/c17-12-6-7-13-14(10-12)16(20)18(15(13)19)9-8-11-4-2-1-3-5-11/h6-7,10-11H,1-5,8-9,17H2. The van der Waals surface area contributed by atoms with Crippen LogP contribution in [0.4, 0.5) is 5.69 Å². The quantitative estimate of drug-likeness (QED) is 0.679. The molecule has 1 heterocycles. The van der Waals surface area contributed by atoms with Gasteiger partial charge >= 0.3 is 0 Å². The van der Waals surface area contributed by atoms with Crippen molar-refractivity contribution in [3.8, 4) is 0 Å². The van der Waals surface area contributed by atoms with Crippen LogP contribution < -0.4 is 5.73 Å². The molecule has 0 spiro atoms. The molecule has 0 atom stereocenters. The van der Waals surface area contributed by atoms with Gasteiger partial charge in [0, 0.05) is 12.2 Å². The van der Waals surface area contributed by atoms with Gasteiger partial charge in [0.15, 0.2) is 0 Å². The van der Waals surface area contributed by atoms with Crippen molar-refractivity contribution in [3.05, 3.63) is 29.3 Å². The Labute approximate surface area is 118 Å². The summed E-state index contributed by atoms with van der Waals surface area (Å²) in [7, 11) is 0. The van der Waals surface area contributed by atoms with E-state index in [2.05, 4.69) is 0 Å². The Morgan fingerprint density at radius 2 is 1.75 bits per heavy atom. The van der Waals surface area contributed by atoms with Gasteiger partial charge in [-0.05, 0) is 30.5 Å².